The van der Waals surface area contributed by atoms with Crippen molar-refractivity contribution in [2.45, 2.75) is 37.8 Å². The Balaban J connectivity index is -0.000000197. The molecule has 1 rings (SSSR count). The minimum Gasteiger partial charge on any atom is -0.543 e. The summed E-state index contributed by atoms with van der Waals surface area (Å²) in [7, 11) is 0. The van der Waals surface area contributed by atoms with Crippen molar-refractivity contribution in [3.05, 3.63) is 0 Å². The van der Waals surface area contributed by atoms with Crippen molar-refractivity contribution in [3.8, 4) is 0 Å². The third-order valence-electron chi connectivity index (χ3n) is 2.04. The summed E-state index contributed by atoms with van der Waals surface area (Å²) in [6, 6.07) is 0.562. The molecule has 104 valence electrons. The second-order valence-electron chi connectivity index (χ2n) is 3.19. The second-order valence-corrected chi connectivity index (χ2v) is 3.19. The molecule has 0 bridgehead atoms. The van der Waals surface area contributed by atoms with E-state index in [0.29, 0.717) is 0 Å². The molecular weight excluding hydrogens is 415 g/mol. The first kappa shape index (κ1) is 21.7. The van der Waals surface area contributed by atoms with Crippen molar-refractivity contribution >= 4 is 11.9 Å². The largest absolute Gasteiger partial charge is 2.00 e. The standard InChI is InChI=1S/C6H14N2.C2H2O4.H2O2.Pt/c7-5-3-1-2-4-6(5)8;3-1(4)2(5)6;1-2;/h5-6H,1-4,7-8H2;(H,3,4)(H,5,6);1-2H;/q;;;+2/p-2/t5-,6-;;;/m1.../s1. The van der Waals surface area contributed by atoms with Gasteiger partial charge in [0.05, 0.1) is 11.9 Å². The monoisotopic (exact) mass is 431 g/mol. The molecule has 0 spiro atoms. The van der Waals surface area contributed by atoms with E-state index in [9.17, 15) is 0 Å². The van der Waals surface area contributed by atoms with Crippen LogP contribution in [0.3, 0.4) is 0 Å². The number of carbonyl (C=O) groups excluding carboxylic acids is 2. The van der Waals surface area contributed by atoms with Gasteiger partial charge in [-0.2, -0.15) is 0 Å². The summed E-state index contributed by atoms with van der Waals surface area (Å²) in [6.07, 6.45) is 4.80. The van der Waals surface area contributed by atoms with Crippen LogP contribution in [0.15, 0.2) is 0 Å². The number of hydrogen-bond donors (Lipinski definition) is 4. The van der Waals surface area contributed by atoms with E-state index in [1.54, 1.807) is 0 Å². The van der Waals surface area contributed by atoms with Gasteiger partial charge in [-0.3, -0.25) is 10.5 Å². The van der Waals surface area contributed by atoms with Crippen molar-refractivity contribution in [2.75, 3.05) is 0 Å². The van der Waals surface area contributed by atoms with Crippen LogP contribution in [0.2, 0.25) is 0 Å². The Morgan fingerprint density at radius 3 is 1.29 bits per heavy atom. The number of nitrogens with two attached hydrogens (primary N) is 2. The van der Waals surface area contributed by atoms with Gasteiger partial charge < -0.3 is 31.3 Å². The maximum absolute atomic E-state index is 8.93. The first-order valence-electron chi connectivity index (χ1n) is 4.58. The van der Waals surface area contributed by atoms with E-state index in [2.05, 4.69) is 0 Å². The van der Waals surface area contributed by atoms with Crippen molar-refractivity contribution in [2.24, 2.45) is 11.5 Å². The van der Waals surface area contributed by atoms with E-state index in [0.717, 1.165) is 12.8 Å². The fraction of sp³-hybridized carbons (Fsp3) is 0.750. The van der Waals surface area contributed by atoms with E-state index in [1.165, 1.54) is 12.8 Å². The zero-order chi connectivity index (χ0) is 13.1. The first-order valence-corrected chi connectivity index (χ1v) is 4.58. The molecule has 0 unspecified atom stereocenters. The number of carbonyl (C=O) groups is 2. The molecule has 8 nitrogen and oxygen atoms in total. The van der Waals surface area contributed by atoms with Crippen LogP contribution in [-0.2, 0) is 30.7 Å². The maximum Gasteiger partial charge on any atom is 2.00 e. The van der Waals surface area contributed by atoms with Crippen molar-refractivity contribution < 1.29 is 51.4 Å². The molecule has 0 radical (unpaired) electrons. The Morgan fingerprint density at radius 1 is 0.941 bits per heavy atom. The van der Waals surface area contributed by atoms with Crippen molar-refractivity contribution in [1.29, 1.82) is 0 Å². The molecule has 0 aromatic heterocycles. The molecule has 0 aliphatic heterocycles. The van der Waals surface area contributed by atoms with E-state index < -0.39 is 11.9 Å². The topological polar surface area (TPSA) is 173 Å². The first-order chi connectivity index (χ1) is 7.45. The molecule has 1 aliphatic carbocycles. The molecule has 17 heavy (non-hydrogen) atoms. The van der Waals surface area contributed by atoms with Crippen LogP contribution in [0.25, 0.3) is 0 Å². The minimum absolute atomic E-state index is 0. The maximum atomic E-state index is 8.93. The Kier molecular flexibility index (Phi) is 17.3. The molecule has 0 saturated heterocycles. The summed E-state index contributed by atoms with van der Waals surface area (Å²) in [6.45, 7) is 0. The third-order valence-corrected chi connectivity index (χ3v) is 2.04. The fourth-order valence-corrected chi connectivity index (χ4v) is 1.19. The van der Waals surface area contributed by atoms with Gasteiger partial charge in [-0.05, 0) is 12.8 Å². The summed E-state index contributed by atoms with van der Waals surface area (Å²) < 4.78 is 0. The summed E-state index contributed by atoms with van der Waals surface area (Å²) in [4.78, 5) is 17.9. The summed E-state index contributed by atoms with van der Waals surface area (Å²) in [5.74, 6) is -4.37. The van der Waals surface area contributed by atoms with Crippen LogP contribution >= 0.6 is 0 Å². The van der Waals surface area contributed by atoms with Crippen LogP contribution in [0.4, 0.5) is 0 Å². The van der Waals surface area contributed by atoms with Gasteiger partial charge in [0.25, 0.3) is 0 Å². The molecule has 0 amide bonds. The quantitative estimate of drug-likeness (QED) is 0.176. The van der Waals surface area contributed by atoms with Crippen LogP contribution in [0.1, 0.15) is 25.7 Å². The van der Waals surface area contributed by atoms with Crippen molar-refractivity contribution in [3.63, 3.8) is 0 Å². The molecule has 1 fully saturated rings. The Bertz CT molecular complexity index is 194. The van der Waals surface area contributed by atoms with Gasteiger partial charge in [0.2, 0.25) is 0 Å². The van der Waals surface area contributed by atoms with Crippen LogP contribution in [0, 0.1) is 0 Å². The van der Waals surface area contributed by atoms with E-state index in [-0.39, 0.29) is 33.1 Å². The SMILES string of the molecule is N[C@@H]1CCCC[C@H]1N.O=C([O-])C(=O)[O-].OO.[Pt+2]. The summed E-state index contributed by atoms with van der Waals surface area (Å²) in [5, 5.41) is 29.9. The molecule has 0 heterocycles. The molecule has 6 N–H and O–H groups in total. The van der Waals surface area contributed by atoms with Crippen LogP contribution in [-0.4, -0.2) is 34.5 Å². The van der Waals surface area contributed by atoms with E-state index in [1.807, 2.05) is 0 Å². The molecule has 0 aromatic carbocycles. The summed E-state index contributed by atoms with van der Waals surface area (Å²) >= 11 is 0. The number of aliphatic carboxylic acids is 2. The van der Waals surface area contributed by atoms with Gasteiger partial charge in [-0.15, -0.1) is 0 Å². The zero-order valence-corrected chi connectivity index (χ0v) is 11.3. The van der Waals surface area contributed by atoms with Crippen LogP contribution in [0.5, 0.6) is 0 Å². The van der Waals surface area contributed by atoms with Gasteiger partial charge in [-0.25, -0.2) is 0 Å². The van der Waals surface area contributed by atoms with Crippen LogP contribution < -0.4 is 21.7 Å². The average Bonchev–Trinajstić information content (AvgIpc) is 2.26. The minimum atomic E-state index is -2.19. The molecular formula is C8H16N2O6Pt. The predicted molar refractivity (Wildman–Crippen MR) is 49.7 cm³/mol. The molecule has 9 heteroatoms. The fourth-order valence-electron chi connectivity index (χ4n) is 1.19. The molecule has 0 aromatic rings. The average molecular weight is 431 g/mol. The Hall–Kier alpha value is -0.532. The van der Waals surface area contributed by atoms with Gasteiger partial charge in [0.15, 0.2) is 0 Å². The molecule has 2 atom stereocenters. The molecule has 1 saturated carbocycles. The van der Waals surface area contributed by atoms with Gasteiger partial charge in [-0.1, -0.05) is 12.8 Å². The third kappa shape index (κ3) is 13.4. The van der Waals surface area contributed by atoms with Gasteiger partial charge in [0.1, 0.15) is 0 Å². The number of rotatable bonds is 0. The zero-order valence-electron chi connectivity index (χ0n) is 8.98. The van der Waals surface area contributed by atoms with E-state index in [4.69, 9.17) is 41.8 Å². The number of carboxylic acid groups (broad SMARTS) is 2. The van der Waals surface area contributed by atoms with Gasteiger partial charge >= 0.3 is 21.1 Å². The second kappa shape index (κ2) is 13.5. The van der Waals surface area contributed by atoms with E-state index >= 15 is 0 Å². The Morgan fingerprint density at radius 2 is 1.18 bits per heavy atom. The number of carboxylic acids is 2. The normalized spacial score (nSPS) is 21.6. The molecule has 1 aliphatic rings. The van der Waals surface area contributed by atoms with Crippen molar-refractivity contribution in [1.82, 2.24) is 0 Å². The summed E-state index contributed by atoms with van der Waals surface area (Å²) in [5.41, 5.74) is 11.3. The Labute approximate surface area is 113 Å². The van der Waals surface area contributed by atoms with Gasteiger partial charge in [0, 0.05) is 12.1 Å². The smallest absolute Gasteiger partial charge is 0.543 e. The number of hydrogen-bond acceptors (Lipinski definition) is 8. The predicted octanol–water partition coefficient (Wildman–Crippen LogP) is -3.28.